The van der Waals surface area contributed by atoms with Crippen LogP contribution < -0.4 is 5.32 Å². The van der Waals surface area contributed by atoms with Gasteiger partial charge in [-0.1, -0.05) is 24.9 Å². The Balaban J connectivity index is 1.61. The van der Waals surface area contributed by atoms with Crippen molar-refractivity contribution in [2.45, 2.75) is 38.7 Å². The first-order valence-electron chi connectivity index (χ1n) is 10.7. The molecular weight excluding hydrogens is 414 g/mol. The third kappa shape index (κ3) is 5.08. The van der Waals surface area contributed by atoms with Crippen molar-refractivity contribution in [3.05, 3.63) is 64.5 Å². The number of nitrogens with zero attached hydrogens (tertiary/aromatic N) is 3. The normalized spacial score (nSPS) is 21.8. The van der Waals surface area contributed by atoms with Gasteiger partial charge < -0.3 is 5.32 Å². The molecular formula is C24H26F2N4S. The Bertz CT molecular complexity index is 982. The van der Waals surface area contributed by atoms with E-state index >= 15 is 0 Å². The van der Waals surface area contributed by atoms with Gasteiger partial charge in [0.1, 0.15) is 0 Å². The second-order valence-electron chi connectivity index (χ2n) is 7.96. The van der Waals surface area contributed by atoms with E-state index in [-0.39, 0.29) is 17.0 Å². The Labute approximate surface area is 186 Å². The zero-order valence-corrected chi connectivity index (χ0v) is 18.3. The first-order chi connectivity index (χ1) is 15.1. The average molecular weight is 441 g/mol. The Kier molecular flexibility index (Phi) is 6.89. The lowest BCUT2D eigenvalue weighted by molar-refractivity contribution is 0.151. The molecule has 1 unspecified atom stereocenters. The molecule has 7 heteroatoms. The van der Waals surface area contributed by atoms with Crippen LogP contribution in [0.5, 0.6) is 0 Å². The number of alkyl halides is 2. The lowest BCUT2D eigenvalue weighted by atomic mass is 9.83. The number of nitrogens with one attached hydrogen (secondary N) is 1. The highest BCUT2D eigenvalue weighted by molar-refractivity contribution is 7.96. The molecule has 1 saturated heterocycles. The second kappa shape index (κ2) is 9.80. The first kappa shape index (κ1) is 21.8. The van der Waals surface area contributed by atoms with Crippen molar-refractivity contribution in [2.24, 2.45) is 10.9 Å². The molecule has 3 aliphatic rings. The standard InChI is InChI=1S/C24H26F2N4S/c1-2-31-30-7-4-21(5-8-30)29-23-13-19(11-17-3-6-28-15-22(17)23)18-9-16(14-27)10-20(12-18)24(25)26/h6,9-13,15,17,21,24,29H,2-5,7-8H2,1H3. The molecule has 0 radical (unpaired) electrons. The van der Waals surface area contributed by atoms with Crippen molar-refractivity contribution in [1.29, 1.82) is 5.26 Å². The van der Waals surface area contributed by atoms with E-state index in [0.717, 1.165) is 54.9 Å². The molecule has 0 spiro atoms. The minimum atomic E-state index is -2.61. The van der Waals surface area contributed by atoms with Crippen LogP contribution >= 0.6 is 11.9 Å². The van der Waals surface area contributed by atoms with E-state index in [2.05, 4.69) is 27.6 Å². The smallest absolute Gasteiger partial charge is 0.263 e. The van der Waals surface area contributed by atoms with Gasteiger partial charge in [-0.05, 0) is 54.7 Å². The van der Waals surface area contributed by atoms with E-state index in [9.17, 15) is 14.0 Å². The van der Waals surface area contributed by atoms with E-state index in [1.165, 1.54) is 12.1 Å². The van der Waals surface area contributed by atoms with Crippen LogP contribution in [0.15, 0.2) is 52.8 Å². The molecule has 1 N–H and O–H groups in total. The summed E-state index contributed by atoms with van der Waals surface area (Å²) in [5.74, 6) is 1.24. The van der Waals surface area contributed by atoms with Crippen molar-refractivity contribution in [3.8, 4) is 6.07 Å². The minimum absolute atomic E-state index is 0.120. The zero-order valence-electron chi connectivity index (χ0n) is 17.5. The highest BCUT2D eigenvalue weighted by atomic mass is 32.2. The van der Waals surface area contributed by atoms with Gasteiger partial charge in [0.05, 0.1) is 11.6 Å². The van der Waals surface area contributed by atoms with Gasteiger partial charge in [0.25, 0.3) is 6.43 Å². The molecule has 0 amide bonds. The summed E-state index contributed by atoms with van der Waals surface area (Å²) in [6, 6.07) is 6.84. The predicted octanol–water partition coefficient (Wildman–Crippen LogP) is 5.47. The molecule has 0 saturated carbocycles. The molecule has 1 aromatic rings. The van der Waals surface area contributed by atoms with Crippen molar-refractivity contribution in [1.82, 2.24) is 9.62 Å². The van der Waals surface area contributed by atoms with E-state index in [1.54, 1.807) is 6.07 Å². The summed E-state index contributed by atoms with van der Waals surface area (Å²) in [7, 11) is 0. The maximum Gasteiger partial charge on any atom is 0.263 e. The molecule has 1 atom stereocenters. The predicted molar refractivity (Wildman–Crippen MR) is 123 cm³/mol. The summed E-state index contributed by atoms with van der Waals surface area (Å²) in [5.41, 5.74) is 3.82. The first-order valence-corrected chi connectivity index (χ1v) is 11.6. The maximum atomic E-state index is 13.4. The average Bonchev–Trinajstić information content (AvgIpc) is 2.80. The lowest BCUT2D eigenvalue weighted by Gasteiger charge is -2.34. The molecule has 0 bridgehead atoms. The largest absolute Gasteiger partial charge is 0.382 e. The summed E-state index contributed by atoms with van der Waals surface area (Å²) in [6.07, 6.45) is 8.21. The Morgan fingerprint density at radius 2 is 2.10 bits per heavy atom. The fourth-order valence-electron chi connectivity index (χ4n) is 4.31. The maximum absolute atomic E-state index is 13.4. The number of nitriles is 1. The third-order valence-electron chi connectivity index (χ3n) is 5.86. The highest BCUT2D eigenvalue weighted by Crippen LogP contribution is 2.37. The number of allylic oxidation sites excluding steroid dienone is 4. The van der Waals surface area contributed by atoms with Crippen LogP contribution in [0.1, 0.15) is 49.3 Å². The van der Waals surface area contributed by atoms with Crippen molar-refractivity contribution < 1.29 is 8.78 Å². The van der Waals surface area contributed by atoms with Gasteiger partial charge >= 0.3 is 0 Å². The summed E-state index contributed by atoms with van der Waals surface area (Å²) in [5, 5.41) is 13.0. The number of piperidine rings is 1. The molecule has 1 aliphatic carbocycles. The summed E-state index contributed by atoms with van der Waals surface area (Å²) in [6.45, 7) is 4.27. The molecule has 1 fully saturated rings. The highest BCUT2D eigenvalue weighted by Gasteiger charge is 2.27. The molecule has 31 heavy (non-hydrogen) atoms. The van der Waals surface area contributed by atoms with E-state index in [1.807, 2.05) is 36.5 Å². The number of hydrogen-bond donors (Lipinski definition) is 1. The van der Waals surface area contributed by atoms with Gasteiger partial charge in [0.15, 0.2) is 0 Å². The summed E-state index contributed by atoms with van der Waals surface area (Å²) < 4.78 is 29.2. The van der Waals surface area contributed by atoms with Crippen LogP contribution in [0.25, 0.3) is 5.57 Å². The topological polar surface area (TPSA) is 51.4 Å². The molecule has 4 nitrogen and oxygen atoms in total. The van der Waals surface area contributed by atoms with Crippen molar-refractivity contribution >= 4 is 23.7 Å². The molecule has 162 valence electrons. The van der Waals surface area contributed by atoms with Gasteiger partial charge in [-0.25, -0.2) is 8.78 Å². The molecule has 2 heterocycles. The fourth-order valence-corrected chi connectivity index (χ4v) is 5.14. The SMILES string of the molecule is CCSN1CCC(NC2=CC(c3cc(C#N)cc(C(F)F)c3)=CC3CC=NC=C23)CC1. The quantitative estimate of drug-likeness (QED) is 0.596. The monoisotopic (exact) mass is 440 g/mol. The Morgan fingerprint density at radius 1 is 1.29 bits per heavy atom. The Morgan fingerprint density at radius 3 is 2.81 bits per heavy atom. The van der Waals surface area contributed by atoms with E-state index in [0.29, 0.717) is 11.6 Å². The van der Waals surface area contributed by atoms with Crippen LogP contribution in [-0.4, -0.2) is 35.4 Å². The molecule has 1 aromatic carbocycles. The number of aliphatic imine (C=N–C) groups is 1. The van der Waals surface area contributed by atoms with Crippen LogP contribution in [-0.2, 0) is 0 Å². The van der Waals surface area contributed by atoms with Gasteiger partial charge in [0.2, 0.25) is 0 Å². The second-order valence-corrected chi connectivity index (χ2v) is 9.31. The Hall–Kier alpha value is -2.43. The minimum Gasteiger partial charge on any atom is -0.382 e. The van der Waals surface area contributed by atoms with Crippen LogP contribution in [0, 0.1) is 17.2 Å². The van der Waals surface area contributed by atoms with Crippen LogP contribution in [0.2, 0.25) is 0 Å². The fraction of sp³-hybridized carbons (Fsp3) is 0.417. The van der Waals surface area contributed by atoms with Crippen LogP contribution in [0.4, 0.5) is 8.78 Å². The molecule has 2 aliphatic heterocycles. The van der Waals surface area contributed by atoms with Crippen molar-refractivity contribution in [2.75, 3.05) is 18.8 Å². The summed E-state index contributed by atoms with van der Waals surface area (Å²) >= 11 is 1.89. The van der Waals surface area contributed by atoms with Gasteiger partial charge in [-0.2, -0.15) is 5.26 Å². The van der Waals surface area contributed by atoms with Gasteiger partial charge in [0, 0.05) is 60.1 Å². The number of halogens is 2. The number of fused-ring (bicyclic) bond motifs is 1. The zero-order chi connectivity index (χ0) is 21.8. The van der Waals surface area contributed by atoms with E-state index in [4.69, 9.17) is 0 Å². The number of benzene rings is 1. The van der Waals surface area contributed by atoms with Crippen LogP contribution in [0.3, 0.4) is 0 Å². The van der Waals surface area contributed by atoms with Gasteiger partial charge in [-0.15, -0.1) is 0 Å². The lowest BCUT2D eigenvalue weighted by Crippen LogP contribution is -2.40. The molecule has 4 rings (SSSR count). The number of rotatable bonds is 6. The van der Waals surface area contributed by atoms with Crippen molar-refractivity contribution in [3.63, 3.8) is 0 Å². The number of hydrogen-bond acceptors (Lipinski definition) is 5. The third-order valence-corrected chi connectivity index (χ3v) is 6.85. The van der Waals surface area contributed by atoms with E-state index < -0.39 is 6.43 Å². The summed E-state index contributed by atoms with van der Waals surface area (Å²) in [4.78, 5) is 4.35. The molecule has 0 aromatic heterocycles. The van der Waals surface area contributed by atoms with Gasteiger partial charge in [-0.3, -0.25) is 9.30 Å².